The minimum absolute atomic E-state index is 0. The molecule has 0 saturated carbocycles. The summed E-state index contributed by atoms with van der Waals surface area (Å²) in [5.74, 6) is 0. The summed E-state index contributed by atoms with van der Waals surface area (Å²) in [5.41, 5.74) is 0. The summed E-state index contributed by atoms with van der Waals surface area (Å²) in [7, 11) is 0. The van der Waals surface area contributed by atoms with Gasteiger partial charge in [-0.05, 0) is 0 Å². The molecule has 0 bridgehead atoms. The van der Waals surface area contributed by atoms with Crippen molar-refractivity contribution in [3.63, 3.8) is 0 Å². The normalized spacial score (nSPS) is 0. The molecule has 0 aromatic heterocycles. The van der Waals surface area contributed by atoms with Gasteiger partial charge in [0.1, 0.15) is 0 Å². The molecule has 0 spiro atoms. The zero-order valence-corrected chi connectivity index (χ0v) is 19.7. The summed E-state index contributed by atoms with van der Waals surface area (Å²) >= 11 is 0. The van der Waals surface area contributed by atoms with Gasteiger partial charge in [-0.3, -0.25) is 0 Å². The van der Waals surface area contributed by atoms with E-state index in [1.165, 1.54) is 0 Å². The molecule has 0 saturated heterocycles. The molecule has 0 N–H and O–H groups in total. The van der Waals surface area contributed by atoms with Crippen molar-refractivity contribution in [3.8, 4) is 0 Å². The van der Waals surface area contributed by atoms with Gasteiger partial charge >= 0.3 is 0 Å². The van der Waals surface area contributed by atoms with Gasteiger partial charge in [-0.2, -0.15) is 0 Å². The Bertz CT molecular complexity index is 0. The van der Waals surface area contributed by atoms with Gasteiger partial charge in [0, 0.05) is 179 Å². The van der Waals surface area contributed by atoms with Crippen molar-refractivity contribution in [2.45, 2.75) is 0 Å². The van der Waals surface area contributed by atoms with Crippen LogP contribution in [0.4, 0.5) is 0 Å². The Hall–Kier alpha value is 5.92. The Balaban J connectivity index is 0. The molecule has 8 heavy (non-hydrogen) atoms. The second kappa shape index (κ2) is 52.4. The van der Waals surface area contributed by atoms with E-state index in [2.05, 4.69) is 0 Å². The first-order chi connectivity index (χ1) is 0. The molecule has 0 nitrogen and oxygen atoms in total. The van der Waals surface area contributed by atoms with Gasteiger partial charge in [0.15, 0.2) is 0 Å². The van der Waals surface area contributed by atoms with Crippen molar-refractivity contribution < 1.29 is 179 Å². The molecule has 88 valence electrons. The summed E-state index contributed by atoms with van der Waals surface area (Å²) in [6.45, 7) is 0. The molecule has 0 aliphatic heterocycles. The van der Waals surface area contributed by atoms with Crippen molar-refractivity contribution in [1.29, 1.82) is 0 Å². The van der Waals surface area contributed by atoms with Crippen LogP contribution in [0, 0.1) is 0 Å². The Morgan fingerprint density at radius 1 is 0.125 bits per heavy atom. The molecule has 0 aromatic carbocycles. The number of rotatable bonds is 0. The van der Waals surface area contributed by atoms with Crippen LogP contribution in [0.3, 0.4) is 0 Å². The molecular formula is Au8. The van der Waals surface area contributed by atoms with Crippen molar-refractivity contribution in [2.75, 3.05) is 0 Å². The van der Waals surface area contributed by atoms with E-state index in [9.17, 15) is 0 Å². The molecular weight excluding hydrogens is 1580 g/mol. The molecule has 8 heteroatoms. The Morgan fingerprint density at radius 2 is 0.125 bits per heavy atom. The molecule has 0 aromatic rings. The second-order valence-electron chi connectivity index (χ2n) is 0. The minimum Gasteiger partial charge on any atom is 0 e. The topological polar surface area (TPSA) is 0 Å². The standard InChI is InChI=1S/8Au. The molecule has 0 atom stereocenters. The van der Waals surface area contributed by atoms with Crippen molar-refractivity contribution in [1.82, 2.24) is 0 Å². The molecule has 0 aliphatic rings. The summed E-state index contributed by atoms with van der Waals surface area (Å²) in [6, 6.07) is 0. The molecule has 0 heterocycles. The maximum absolute atomic E-state index is 0. The molecule has 8 radical (unpaired) electrons. The van der Waals surface area contributed by atoms with Crippen LogP contribution in [0.15, 0.2) is 0 Å². The smallest absolute Gasteiger partial charge is 0 e. The summed E-state index contributed by atoms with van der Waals surface area (Å²) in [5, 5.41) is 0. The fraction of sp³-hybridized carbons (Fsp3) is 0. The van der Waals surface area contributed by atoms with E-state index in [4.69, 9.17) is 0 Å². The van der Waals surface area contributed by atoms with Crippen LogP contribution in [0.25, 0.3) is 0 Å². The average molecular weight is 1580 g/mol. The zero-order valence-electron chi connectivity index (χ0n) is 2.41. The van der Waals surface area contributed by atoms with Crippen LogP contribution < -0.4 is 0 Å². The Labute approximate surface area is 174 Å². The SMILES string of the molecule is [Au].[Au].[Au].[Au].[Au].[Au].[Au].[Au]. The first-order valence-corrected chi connectivity index (χ1v) is 0. The van der Waals surface area contributed by atoms with Crippen LogP contribution in [-0.4, -0.2) is 0 Å². The Morgan fingerprint density at radius 3 is 0.125 bits per heavy atom. The van der Waals surface area contributed by atoms with Crippen LogP contribution in [0.5, 0.6) is 0 Å². The molecule has 0 rings (SSSR count). The summed E-state index contributed by atoms with van der Waals surface area (Å²) in [6.07, 6.45) is 0. The summed E-state index contributed by atoms with van der Waals surface area (Å²) < 4.78 is 0. The number of hydrogen-bond acceptors (Lipinski definition) is 0. The number of hydrogen-bond donors (Lipinski definition) is 0. The van der Waals surface area contributed by atoms with E-state index in [1.54, 1.807) is 0 Å². The van der Waals surface area contributed by atoms with Crippen LogP contribution in [0.2, 0.25) is 0 Å². The van der Waals surface area contributed by atoms with Crippen LogP contribution in [0.1, 0.15) is 0 Å². The van der Waals surface area contributed by atoms with E-state index in [0.717, 1.165) is 0 Å². The largest absolute Gasteiger partial charge is 0 e. The van der Waals surface area contributed by atoms with Gasteiger partial charge in [0.05, 0.1) is 0 Å². The second-order valence-corrected chi connectivity index (χ2v) is 0. The predicted molar refractivity (Wildman–Crippen MR) is 0 cm³/mol. The van der Waals surface area contributed by atoms with E-state index in [-0.39, 0.29) is 179 Å². The fourth-order valence-electron chi connectivity index (χ4n) is 0. The first-order valence-electron chi connectivity index (χ1n) is 0. The minimum atomic E-state index is 0. The third-order valence-electron chi connectivity index (χ3n) is 0. The molecule has 0 fully saturated rings. The van der Waals surface area contributed by atoms with Gasteiger partial charge in [-0.1, -0.05) is 0 Å². The third-order valence-corrected chi connectivity index (χ3v) is 0. The maximum atomic E-state index is 0. The molecule has 0 aliphatic carbocycles. The predicted octanol–water partition coefficient (Wildman–Crippen LogP) is -0.0200. The monoisotopic (exact) mass is 1580 g/mol. The first kappa shape index (κ1) is 66.3. The van der Waals surface area contributed by atoms with E-state index >= 15 is 0 Å². The average Bonchev–Trinajstić information content (AvgIpc) is 0. The van der Waals surface area contributed by atoms with Gasteiger partial charge in [-0.25, -0.2) is 0 Å². The quantitative estimate of drug-likeness (QED) is 0.300. The molecule has 0 unspecified atom stereocenters. The molecule has 0 amide bonds. The fourth-order valence-corrected chi connectivity index (χ4v) is 0. The van der Waals surface area contributed by atoms with Gasteiger partial charge in [0.2, 0.25) is 0 Å². The zero-order chi connectivity index (χ0) is 0. The van der Waals surface area contributed by atoms with E-state index in [0.29, 0.717) is 0 Å². The van der Waals surface area contributed by atoms with Crippen molar-refractivity contribution in [2.24, 2.45) is 0 Å². The van der Waals surface area contributed by atoms with Crippen LogP contribution >= 0.6 is 0 Å². The maximum Gasteiger partial charge on any atom is 0 e. The van der Waals surface area contributed by atoms with E-state index in [1.807, 2.05) is 0 Å². The third kappa shape index (κ3) is 40.6. The summed E-state index contributed by atoms with van der Waals surface area (Å²) in [4.78, 5) is 0. The van der Waals surface area contributed by atoms with Crippen molar-refractivity contribution in [3.05, 3.63) is 0 Å². The van der Waals surface area contributed by atoms with Gasteiger partial charge < -0.3 is 0 Å². The van der Waals surface area contributed by atoms with Crippen molar-refractivity contribution >= 4 is 0 Å². The van der Waals surface area contributed by atoms with Crippen LogP contribution in [-0.2, 0) is 179 Å². The van der Waals surface area contributed by atoms with Gasteiger partial charge in [0.25, 0.3) is 0 Å². The van der Waals surface area contributed by atoms with Gasteiger partial charge in [-0.15, -0.1) is 0 Å². The Kier molecular flexibility index (Phi) is 434. The van der Waals surface area contributed by atoms with E-state index < -0.39 is 0 Å².